The number of carboxylic acids is 1. The van der Waals surface area contributed by atoms with Crippen LogP contribution in [0.3, 0.4) is 0 Å². The molecule has 0 aromatic heterocycles. The van der Waals surface area contributed by atoms with Gasteiger partial charge in [0.15, 0.2) is 27.5 Å². The number of methoxy groups -OCH3 is 1. The SMILES string of the molecule is COc1c(C(O)C(=O)O)ccc(S(C)(=O)=O)c1F. The van der Waals surface area contributed by atoms with E-state index in [-0.39, 0.29) is 5.56 Å². The highest BCUT2D eigenvalue weighted by Crippen LogP contribution is 2.32. The second kappa shape index (κ2) is 4.91. The van der Waals surface area contributed by atoms with Gasteiger partial charge in [-0.3, -0.25) is 0 Å². The van der Waals surface area contributed by atoms with Gasteiger partial charge in [0.05, 0.1) is 7.11 Å². The van der Waals surface area contributed by atoms with Gasteiger partial charge in [0, 0.05) is 11.8 Å². The quantitative estimate of drug-likeness (QED) is 0.824. The van der Waals surface area contributed by atoms with Crippen molar-refractivity contribution in [2.24, 2.45) is 0 Å². The minimum Gasteiger partial charge on any atom is -0.493 e. The molecule has 0 saturated heterocycles. The van der Waals surface area contributed by atoms with E-state index in [4.69, 9.17) is 5.11 Å². The van der Waals surface area contributed by atoms with Crippen LogP contribution in [0.25, 0.3) is 0 Å². The van der Waals surface area contributed by atoms with Gasteiger partial charge in [0.2, 0.25) is 0 Å². The number of aliphatic carboxylic acids is 1. The number of halogens is 1. The molecule has 100 valence electrons. The first-order valence-corrected chi connectivity index (χ1v) is 6.56. The maximum Gasteiger partial charge on any atom is 0.337 e. The first kappa shape index (κ1) is 14.4. The monoisotopic (exact) mass is 278 g/mol. The molecule has 0 spiro atoms. The summed E-state index contributed by atoms with van der Waals surface area (Å²) in [6.45, 7) is 0. The normalized spacial score (nSPS) is 13.1. The Morgan fingerprint density at radius 3 is 2.39 bits per heavy atom. The van der Waals surface area contributed by atoms with Gasteiger partial charge in [-0.15, -0.1) is 0 Å². The van der Waals surface area contributed by atoms with Crippen LogP contribution in [0.15, 0.2) is 17.0 Å². The minimum atomic E-state index is -3.81. The minimum absolute atomic E-state index is 0.352. The summed E-state index contributed by atoms with van der Waals surface area (Å²) in [4.78, 5) is 9.99. The Kier molecular flexibility index (Phi) is 3.92. The predicted molar refractivity (Wildman–Crippen MR) is 58.7 cm³/mol. The second-order valence-corrected chi connectivity index (χ2v) is 5.50. The van der Waals surface area contributed by atoms with Gasteiger partial charge in [0.1, 0.15) is 4.90 Å². The molecule has 0 aliphatic carbocycles. The highest BCUT2D eigenvalue weighted by Gasteiger charge is 2.26. The zero-order chi connectivity index (χ0) is 14.1. The molecule has 18 heavy (non-hydrogen) atoms. The van der Waals surface area contributed by atoms with Crippen LogP contribution >= 0.6 is 0 Å². The Balaban J connectivity index is 3.53. The number of sulfone groups is 1. The zero-order valence-corrected chi connectivity index (χ0v) is 10.4. The fraction of sp³-hybridized carbons (Fsp3) is 0.300. The van der Waals surface area contributed by atoms with Crippen molar-refractivity contribution in [2.75, 3.05) is 13.4 Å². The number of rotatable bonds is 4. The summed E-state index contributed by atoms with van der Waals surface area (Å²) in [6, 6.07) is 1.88. The molecule has 0 radical (unpaired) electrons. The van der Waals surface area contributed by atoms with Gasteiger partial charge in [-0.2, -0.15) is 0 Å². The molecule has 0 saturated carbocycles. The fourth-order valence-corrected chi connectivity index (χ4v) is 2.13. The van der Waals surface area contributed by atoms with Crippen molar-refractivity contribution >= 4 is 15.8 Å². The third-order valence-corrected chi connectivity index (χ3v) is 3.34. The van der Waals surface area contributed by atoms with Gasteiger partial charge in [-0.25, -0.2) is 17.6 Å². The highest BCUT2D eigenvalue weighted by molar-refractivity contribution is 7.90. The topological polar surface area (TPSA) is 101 Å². The highest BCUT2D eigenvalue weighted by atomic mass is 32.2. The van der Waals surface area contributed by atoms with E-state index in [1.54, 1.807) is 0 Å². The molecule has 8 heteroatoms. The van der Waals surface area contributed by atoms with Crippen LogP contribution in [-0.2, 0) is 14.6 Å². The Labute approximate surface area is 103 Å². The molecule has 0 heterocycles. The number of carboxylic acid groups (broad SMARTS) is 1. The summed E-state index contributed by atoms with van der Waals surface area (Å²) in [6.07, 6.45) is -1.19. The fourth-order valence-electron chi connectivity index (χ4n) is 1.40. The second-order valence-electron chi connectivity index (χ2n) is 3.51. The van der Waals surface area contributed by atoms with Gasteiger partial charge in [-0.1, -0.05) is 6.07 Å². The van der Waals surface area contributed by atoms with Gasteiger partial charge in [0.25, 0.3) is 0 Å². The summed E-state index contributed by atoms with van der Waals surface area (Å²) >= 11 is 0. The largest absolute Gasteiger partial charge is 0.493 e. The van der Waals surface area contributed by atoms with E-state index in [2.05, 4.69) is 4.74 Å². The molecule has 0 fully saturated rings. The Morgan fingerprint density at radius 2 is 2.00 bits per heavy atom. The molecule has 2 N–H and O–H groups in total. The molecule has 0 aliphatic rings. The molecule has 1 rings (SSSR count). The van der Waals surface area contributed by atoms with Crippen molar-refractivity contribution in [3.05, 3.63) is 23.5 Å². The molecular formula is C10H11FO6S. The van der Waals surface area contributed by atoms with Crippen molar-refractivity contribution < 1.29 is 32.6 Å². The lowest BCUT2D eigenvalue weighted by Gasteiger charge is -2.13. The molecule has 0 amide bonds. The predicted octanol–water partition coefficient (Wildman–Crippen LogP) is 0.356. The average molecular weight is 278 g/mol. The van der Waals surface area contributed by atoms with Crippen molar-refractivity contribution in [3.8, 4) is 5.75 Å². The number of benzene rings is 1. The molecule has 1 atom stereocenters. The van der Waals surface area contributed by atoms with Crippen molar-refractivity contribution in [2.45, 2.75) is 11.0 Å². The lowest BCUT2D eigenvalue weighted by atomic mass is 10.1. The molecule has 0 aliphatic heterocycles. The number of ether oxygens (including phenoxy) is 1. The zero-order valence-electron chi connectivity index (χ0n) is 9.55. The molecular weight excluding hydrogens is 267 g/mol. The van der Waals surface area contributed by atoms with E-state index in [1.807, 2.05) is 0 Å². The maximum absolute atomic E-state index is 13.8. The van der Waals surface area contributed by atoms with Crippen LogP contribution in [0, 0.1) is 5.82 Å². The number of hydrogen-bond acceptors (Lipinski definition) is 5. The average Bonchev–Trinajstić information content (AvgIpc) is 2.25. The van der Waals surface area contributed by atoms with Crippen LogP contribution < -0.4 is 4.74 Å². The van der Waals surface area contributed by atoms with Crippen LogP contribution in [-0.4, -0.2) is 38.0 Å². The van der Waals surface area contributed by atoms with Crippen LogP contribution in [0.2, 0.25) is 0 Å². The molecule has 1 aromatic rings. The summed E-state index contributed by atoms with van der Waals surface area (Å²) < 4.78 is 41.0. The van der Waals surface area contributed by atoms with Crippen LogP contribution in [0.4, 0.5) is 4.39 Å². The Bertz CT molecular complexity index is 580. The standard InChI is InChI=1S/C10H11FO6S/c1-17-9-5(8(12)10(13)14)3-4-6(7(9)11)18(2,15)16/h3-4,8,12H,1-2H3,(H,13,14). The van der Waals surface area contributed by atoms with Crippen LogP contribution in [0.5, 0.6) is 5.75 Å². The van der Waals surface area contributed by atoms with Gasteiger partial charge in [-0.05, 0) is 6.07 Å². The molecule has 6 nitrogen and oxygen atoms in total. The van der Waals surface area contributed by atoms with E-state index < -0.39 is 38.4 Å². The lowest BCUT2D eigenvalue weighted by Crippen LogP contribution is -2.13. The summed E-state index contributed by atoms with van der Waals surface area (Å²) in [5.41, 5.74) is -0.352. The van der Waals surface area contributed by atoms with E-state index in [1.165, 1.54) is 0 Å². The number of aliphatic hydroxyl groups excluding tert-OH is 1. The van der Waals surface area contributed by atoms with Crippen molar-refractivity contribution in [1.82, 2.24) is 0 Å². The number of carbonyl (C=O) groups is 1. The molecule has 1 unspecified atom stereocenters. The maximum atomic E-state index is 13.8. The summed E-state index contributed by atoms with van der Waals surface area (Å²) in [5.74, 6) is -3.43. The first-order valence-electron chi connectivity index (χ1n) is 4.67. The Morgan fingerprint density at radius 1 is 1.44 bits per heavy atom. The van der Waals surface area contributed by atoms with E-state index in [9.17, 15) is 22.7 Å². The van der Waals surface area contributed by atoms with E-state index >= 15 is 0 Å². The smallest absolute Gasteiger partial charge is 0.337 e. The lowest BCUT2D eigenvalue weighted by molar-refractivity contribution is -0.147. The first-order chi connectivity index (χ1) is 8.20. The van der Waals surface area contributed by atoms with Gasteiger partial charge < -0.3 is 14.9 Å². The van der Waals surface area contributed by atoms with Crippen LogP contribution in [0.1, 0.15) is 11.7 Å². The van der Waals surface area contributed by atoms with Crippen molar-refractivity contribution in [1.29, 1.82) is 0 Å². The molecule has 1 aromatic carbocycles. The summed E-state index contributed by atoms with van der Waals surface area (Å²) in [5, 5.41) is 18.0. The number of hydrogen-bond donors (Lipinski definition) is 2. The third kappa shape index (κ3) is 2.59. The molecule has 0 bridgehead atoms. The Hall–Kier alpha value is -1.67. The third-order valence-electron chi connectivity index (χ3n) is 2.22. The van der Waals surface area contributed by atoms with Gasteiger partial charge >= 0.3 is 5.97 Å². The number of aliphatic hydroxyl groups is 1. The van der Waals surface area contributed by atoms with E-state index in [0.29, 0.717) is 0 Å². The summed E-state index contributed by atoms with van der Waals surface area (Å²) in [7, 11) is -2.77. The van der Waals surface area contributed by atoms with E-state index in [0.717, 1.165) is 25.5 Å². The van der Waals surface area contributed by atoms with Crippen molar-refractivity contribution in [3.63, 3.8) is 0 Å².